The second-order valence-corrected chi connectivity index (χ2v) is 3.94. The van der Waals surface area contributed by atoms with Gasteiger partial charge >= 0.3 is 0 Å². The van der Waals surface area contributed by atoms with Crippen molar-refractivity contribution in [3.05, 3.63) is 0 Å². The first-order chi connectivity index (χ1) is 5.31. The zero-order chi connectivity index (χ0) is 7.73. The van der Waals surface area contributed by atoms with E-state index in [0.29, 0.717) is 11.5 Å². The lowest BCUT2D eigenvalue weighted by Gasteiger charge is -2.31. The Kier molecular flexibility index (Phi) is 1.90. The molecule has 2 rings (SSSR count). The quantitative estimate of drug-likeness (QED) is 0.530. The van der Waals surface area contributed by atoms with Crippen LogP contribution in [-0.4, -0.2) is 25.9 Å². The van der Waals surface area contributed by atoms with Crippen LogP contribution >= 0.6 is 0 Å². The van der Waals surface area contributed by atoms with Crippen LogP contribution in [-0.2, 0) is 9.47 Å². The van der Waals surface area contributed by atoms with Crippen LogP contribution in [0.5, 0.6) is 0 Å². The highest BCUT2D eigenvalue weighted by Crippen LogP contribution is 2.40. The maximum atomic E-state index is 5.59. The van der Waals surface area contributed by atoms with Crippen LogP contribution in [0.2, 0.25) is 0 Å². The average molecular weight is 156 g/mol. The van der Waals surface area contributed by atoms with Gasteiger partial charge in [0, 0.05) is 18.6 Å². The molecule has 2 heterocycles. The fourth-order valence-corrected chi connectivity index (χ4v) is 2.20. The SMILES string of the molecule is CC1CC2(CCOCC2)CO1. The summed E-state index contributed by atoms with van der Waals surface area (Å²) >= 11 is 0. The molecule has 1 atom stereocenters. The van der Waals surface area contributed by atoms with Crippen LogP contribution in [0.15, 0.2) is 0 Å². The summed E-state index contributed by atoms with van der Waals surface area (Å²) in [7, 11) is 0. The van der Waals surface area contributed by atoms with E-state index in [-0.39, 0.29) is 0 Å². The molecule has 0 N–H and O–H groups in total. The maximum absolute atomic E-state index is 5.59. The van der Waals surface area contributed by atoms with E-state index in [1.54, 1.807) is 0 Å². The lowest BCUT2D eigenvalue weighted by molar-refractivity contribution is 0.00744. The van der Waals surface area contributed by atoms with Crippen LogP contribution in [0.4, 0.5) is 0 Å². The van der Waals surface area contributed by atoms with E-state index in [1.165, 1.54) is 19.3 Å². The Hall–Kier alpha value is -0.0800. The molecule has 2 fully saturated rings. The number of hydrogen-bond acceptors (Lipinski definition) is 2. The third-order valence-electron chi connectivity index (χ3n) is 2.95. The van der Waals surface area contributed by atoms with E-state index in [1.807, 2.05) is 0 Å². The highest BCUT2D eigenvalue weighted by molar-refractivity contribution is 4.88. The van der Waals surface area contributed by atoms with Gasteiger partial charge in [-0.05, 0) is 26.2 Å². The van der Waals surface area contributed by atoms with Crippen LogP contribution in [0, 0.1) is 5.41 Å². The van der Waals surface area contributed by atoms with Gasteiger partial charge in [-0.1, -0.05) is 0 Å². The highest BCUT2D eigenvalue weighted by atomic mass is 16.5. The van der Waals surface area contributed by atoms with Gasteiger partial charge in [0.05, 0.1) is 12.7 Å². The number of rotatable bonds is 0. The fraction of sp³-hybridized carbons (Fsp3) is 1.00. The molecule has 0 aromatic carbocycles. The second kappa shape index (κ2) is 2.76. The number of ether oxygens (including phenoxy) is 2. The largest absolute Gasteiger partial charge is 0.381 e. The molecule has 0 aliphatic carbocycles. The Labute approximate surface area is 67.9 Å². The first-order valence-electron chi connectivity index (χ1n) is 4.50. The summed E-state index contributed by atoms with van der Waals surface area (Å²) in [4.78, 5) is 0. The Morgan fingerprint density at radius 3 is 2.55 bits per heavy atom. The standard InChI is InChI=1S/C9H16O2/c1-8-6-9(7-11-8)2-4-10-5-3-9/h8H,2-7H2,1H3. The van der Waals surface area contributed by atoms with E-state index in [4.69, 9.17) is 9.47 Å². The van der Waals surface area contributed by atoms with E-state index >= 15 is 0 Å². The Morgan fingerprint density at radius 1 is 1.27 bits per heavy atom. The molecule has 1 unspecified atom stereocenters. The molecular formula is C9H16O2. The maximum Gasteiger partial charge on any atom is 0.0553 e. The van der Waals surface area contributed by atoms with Gasteiger partial charge in [0.1, 0.15) is 0 Å². The first kappa shape index (κ1) is 7.56. The third-order valence-corrected chi connectivity index (χ3v) is 2.95. The fourth-order valence-electron chi connectivity index (χ4n) is 2.20. The second-order valence-electron chi connectivity index (χ2n) is 3.94. The van der Waals surface area contributed by atoms with Gasteiger partial charge in [0.25, 0.3) is 0 Å². The average Bonchev–Trinajstić information content (AvgIpc) is 2.34. The predicted octanol–water partition coefficient (Wildman–Crippen LogP) is 1.59. The van der Waals surface area contributed by atoms with Crippen molar-refractivity contribution in [2.24, 2.45) is 5.41 Å². The van der Waals surface area contributed by atoms with Crippen molar-refractivity contribution in [2.45, 2.75) is 32.3 Å². The predicted molar refractivity (Wildman–Crippen MR) is 42.5 cm³/mol. The summed E-state index contributed by atoms with van der Waals surface area (Å²) in [5.74, 6) is 0. The summed E-state index contributed by atoms with van der Waals surface area (Å²) in [6.45, 7) is 5.02. The van der Waals surface area contributed by atoms with Gasteiger partial charge in [-0.25, -0.2) is 0 Å². The zero-order valence-corrected chi connectivity index (χ0v) is 7.14. The van der Waals surface area contributed by atoms with Gasteiger partial charge in [-0.15, -0.1) is 0 Å². The van der Waals surface area contributed by atoms with Crippen molar-refractivity contribution < 1.29 is 9.47 Å². The molecule has 2 aliphatic rings. The molecule has 0 saturated carbocycles. The summed E-state index contributed by atoms with van der Waals surface area (Å²) in [6, 6.07) is 0. The monoisotopic (exact) mass is 156 g/mol. The van der Waals surface area contributed by atoms with Gasteiger partial charge < -0.3 is 9.47 Å². The lowest BCUT2D eigenvalue weighted by Crippen LogP contribution is -2.29. The molecule has 0 aromatic rings. The van der Waals surface area contributed by atoms with Crippen LogP contribution in [0.1, 0.15) is 26.2 Å². The Morgan fingerprint density at radius 2 is 2.00 bits per heavy atom. The van der Waals surface area contributed by atoms with Crippen molar-refractivity contribution in [3.8, 4) is 0 Å². The molecule has 64 valence electrons. The smallest absolute Gasteiger partial charge is 0.0553 e. The van der Waals surface area contributed by atoms with Crippen LogP contribution < -0.4 is 0 Å². The minimum atomic E-state index is 0.480. The van der Waals surface area contributed by atoms with Crippen molar-refractivity contribution in [1.82, 2.24) is 0 Å². The molecule has 2 heteroatoms. The molecule has 0 bridgehead atoms. The summed E-state index contributed by atoms with van der Waals surface area (Å²) in [5, 5.41) is 0. The third kappa shape index (κ3) is 1.42. The minimum Gasteiger partial charge on any atom is -0.381 e. The van der Waals surface area contributed by atoms with Crippen molar-refractivity contribution in [2.75, 3.05) is 19.8 Å². The van der Waals surface area contributed by atoms with Crippen LogP contribution in [0.25, 0.3) is 0 Å². The summed E-state index contributed by atoms with van der Waals surface area (Å²) in [5.41, 5.74) is 0.498. The molecule has 0 aromatic heterocycles. The summed E-state index contributed by atoms with van der Waals surface area (Å²) < 4.78 is 10.9. The first-order valence-corrected chi connectivity index (χ1v) is 4.50. The molecule has 2 saturated heterocycles. The molecule has 11 heavy (non-hydrogen) atoms. The van der Waals surface area contributed by atoms with E-state index in [9.17, 15) is 0 Å². The topological polar surface area (TPSA) is 18.5 Å². The molecule has 2 nitrogen and oxygen atoms in total. The van der Waals surface area contributed by atoms with E-state index in [2.05, 4.69) is 6.92 Å². The highest BCUT2D eigenvalue weighted by Gasteiger charge is 2.39. The molecule has 1 spiro atoms. The van der Waals surface area contributed by atoms with E-state index < -0.39 is 0 Å². The minimum absolute atomic E-state index is 0.480. The normalized spacial score (nSPS) is 36.3. The van der Waals surface area contributed by atoms with Crippen LogP contribution in [0.3, 0.4) is 0 Å². The lowest BCUT2D eigenvalue weighted by atomic mass is 9.79. The van der Waals surface area contributed by atoms with Gasteiger partial charge in [-0.2, -0.15) is 0 Å². The Balaban J connectivity index is 1.98. The van der Waals surface area contributed by atoms with Gasteiger partial charge in [0.15, 0.2) is 0 Å². The molecule has 2 aliphatic heterocycles. The van der Waals surface area contributed by atoms with Gasteiger partial charge in [0.2, 0.25) is 0 Å². The van der Waals surface area contributed by atoms with Crippen molar-refractivity contribution in [3.63, 3.8) is 0 Å². The van der Waals surface area contributed by atoms with Gasteiger partial charge in [-0.3, -0.25) is 0 Å². The summed E-state index contributed by atoms with van der Waals surface area (Å²) in [6.07, 6.45) is 4.14. The van der Waals surface area contributed by atoms with Crippen molar-refractivity contribution >= 4 is 0 Å². The molecule has 0 radical (unpaired) electrons. The number of hydrogen-bond donors (Lipinski definition) is 0. The zero-order valence-electron chi connectivity index (χ0n) is 7.14. The van der Waals surface area contributed by atoms with E-state index in [0.717, 1.165) is 19.8 Å². The molecular weight excluding hydrogens is 140 g/mol. The van der Waals surface area contributed by atoms with Crippen molar-refractivity contribution in [1.29, 1.82) is 0 Å². The molecule has 0 amide bonds. The Bertz CT molecular complexity index is 133.